The van der Waals surface area contributed by atoms with Crippen molar-refractivity contribution in [2.75, 3.05) is 5.75 Å². The zero-order chi connectivity index (χ0) is 17.4. The Morgan fingerprint density at radius 1 is 1.17 bits per heavy atom. The standard InChI is InChI=1S/C17H15F3N2OS/c1-16(23,10-24-13-5-3-2-4-6-13)14-8-11-7-12(17(18,19)20)9-21-15(11)22-14/h2-9,23H,10H2,1H3,(H,21,22). The van der Waals surface area contributed by atoms with E-state index in [1.54, 1.807) is 6.92 Å². The molecule has 0 amide bonds. The molecule has 2 aromatic heterocycles. The highest BCUT2D eigenvalue weighted by Gasteiger charge is 2.32. The molecule has 3 aromatic rings. The third-order valence-electron chi connectivity index (χ3n) is 3.64. The van der Waals surface area contributed by atoms with Crippen LogP contribution in [0.5, 0.6) is 0 Å². The number of H-pyrrole nitrogens is 1. The van der Waals surface area contributed by atoms with Gasteiger partial charge < -0.3 is 10.1 Å². The summed E-state index contributed by atoms with van der Waals surface area (Å²) in [5.41, 5.74) is -1.27. The second-order valence-corrected chi connectivity index (χ2v) is 6.77. The lowest BCUT2D eigenvalue weighted by Crippen LogP contribution is -2.24. The molecule has 1 atom stereocenters. The van der Waals surface area contributed by atoms with Crippen molar-refractivity contribution in [1.82, 2.24) is 9.97 Å². The summed E-state index contributed by atoms with van der Waals surface area (Å²) < 4.78 is 38.3. The molecule has 7 heteroatoms. The number of aromatic amines is 1. The van der Waals surface area contributed by atoms with E-state index in [0.29, 0.717) is 22.5 Å². The topological polar surface area (TPSA) is 48.9 Å². The molecule has 1 unspecified atom stereocenters. The van der Waals surface area contributed by atoms with Gasteiger partial charge in [-0.1, -0.05) is 18.2 Å². The van der Waals surface area contributed by atoms with E-state index < -0.39 is 17.3 Å². The number of nitrogens with one attached hydrogen (secondary N) is 1. The number of aromatic nitrogens is 2. The maximum atomic E-state index is 12.8. The highest BCUT2D eigenvalue weighted by Crippen LogP contribution is 2.33. The van der Waals surface area contributed by atoms with E-state index in [1.807, 2.05) is 30.3 Å². The number of aliphatic hydroxyl groups is 1. The summed E-state index contributed by atoms with van der Waals surface area (Å²) in [6.45, 7) is 1.62. The van der Waals surface area contributed by atoms with Crippen molar-refractivity contribution in [3.05, 3.63) is 59.9 Å². The van der Waals surface area contributed by atoms with E-state index in [-0.39, 0.29) is 0 Å². The number of nitrogens with zero attached hydrogens (tertiary/aromatic N) is 1. The van der Waals surface area contributed by atoms with Crippen LogP contribution < -0.4 is 0 Å². The normalized spacial score (nSPS) is 14.7. The minimum Gasteiger partial charge on any atom is -0.383 e. The van der Waals surface area contributed by atoms with Gasteiger partial charge in [0.1, 0.15) is 11.2 Å². The van der Waals surface area contributed by atoms with Crippen LogP contribution in [0.4, 0.5) is 13.2 Å². The molecule has 2 heterocycles. The van der Waals surface area contributed by atoms with Gasteiger partial charge in [0.25, 0.3) is 0 Å². The third-order valence-corrected chi connectivity index (χ3v) is 4.95. The molecule has 0 fully saturated rings. The number of pyridine rings is 1. The van der Waals surface area contributed by atoms with Crippen molar-refractivity contribution in [1.29, 1.82) is 0 Å². The van der Waals surface area contributed by atoms with Gasteiger partial charge in [-0.3, -0.25) is 0 Å². The van der Waals surface area contributed by atoms with Crippen LogP contribution in [0.3, 0.4) is 0 Å². The maximum Gasteiger partial charge on any atom is 0.417 e. The Balaban J connectivity index is 1.84. The zero-order valence-corrected chi connectivity index (χ0v) is 13.6. The van der Waals surface area contributed by atoms with Gasteiger partial charge in [-0.2, -0.15) is 13.2 Å². The largest absolute Gasteiger partial charge is 0.417 e. The number of hydrogen-bond donors (Lipinski definition) is 2. The molecule has 126 valence electrons. The van der Waals surface area contributed by atoms with Crippen LogP contribution in [-0.2, 0) is 11.8 Å². The van der Waals surface area contributed by atoms with Crippen LogP contribution in [0.15, 0.2) is 53.6 Å². The SMILES string of the molecule is CC(O)(CSc1ccccc1)c1cc2cc(C(F)(F)F)cnc2[nH]1. The van der Waals surface area contributed by atoms with Gasteiger partial charge in [-0.15, -0.1) is 11.8 Å². The fourth-order valence-electron chi connectivity index (χ4n) is 2.28. The monoisotopic (exact) mass is 352 g/mol. The van der Waals surface area contributed by atoms with Crippen LogP contribution in [0, 0.1) is 0 Å². The summed E-state index contributed by atoms with van der Waals surface area (Å²) in [7, 11) is 0. The Kier molecular flexibility index (Phi) is 4.31. The molecule has 0 saturated heterocycles. The Bertz CT molecular complexity index is 844. The first-order valence-electron chi connectivity index (χ1n) is 7.22. The number of benzene rings is 1. The molecule has 0 saturated carbocycles. The van der Waals surface area contributed by atoms with Gasteiger partial charge in [-0.05, 0) is 31.2 Å². The number of alkyl halides is 3. The average molecular weight is 352 g/mol. The van der Waals surface area contributed by atoms with E-state index in [0.717, 1.165) is 17.2 Å². The molecular weight excluding hydrogens is 337 g/mol. The van der Waals surface area contributed by atoms with Crippen molar-refractivity contribution in [2.24, 2.45) is 0 Å². The molecule has 24 heavy (non-hydrogen) atoms. The van der Waals surface area contributed by atoms with E-state index in [2.05, 4.69) is 9.97 Å². The first kappa shape index (κ1) is 16.9. The maximum absolute atomic E-state index is 12.8. The molecule has 3 rings (SSSR count). The fourth-order valence-corrected chi connectivity index (χ4v) is 3.23. The second kappa shape index (κ2) is 6.14. The lowest BCUT2D eigenvalue weighted by Gasteiger charge is -2.21. The average Bonchev–Trinajstić information content (AvgIpc) is 2.97. The van der Waals surface area contributed by atoms with Crippen molar-refractivity contribution < 1.29 is 18.3 Å². The molecule has 0 aliphatic carbocycles. The predicted octanol–water partition coefficient (Wildman–Crippen LogP) is 4.58. The predicted molar refractivity (Wildman–Crippen MR) is 87.8 cm³/mol. The number of hydrogen-bond acceptors (Lipinski definition) is 3. The van der Waals surface area contributed by atoms with E-state index in [1.165, 1.54) is 17.8 Å². The van der Waals surface area contributed by atoms with Gasteiger partial charge in [0.15, 0.2) is 0 Å². The number of thioether (sulfide) groups is 1. The molecule has 0 bridgehead atoms. The molecular formula is C17H15F3N2OS. The molecule has 3 nitrogen and oxygen atoms in total. The zero-order valence-electron chi connectivity index (χ0n) is 12.8. The minimum absolute atomic E-state index is 0.322. The summed E-state index contributed by atoms with van der Waals surface area (Å²) in [5.74, 6) is 0.357. The van der Waals surface area contributed by atoms with Crippen molar-refractivity contribution in [3.8, 4) is 0 Å². The van der Waals surface area contributed by atoms with Crippen LogP contribution in [0.25, 0.3) is 11.0 Å². The van der Waals surface area contributed by atoms with Gasteiger partial charge >= 0.3 is 6.18 Å². The molecule has 2 N–H and O–H groups in total. The van der Waals surface area contributed by atoms with Crippen LogP contribution in [0.1, 0.15) is 18.2 Å². The van der Waals surface area contributed by atoms with Crippen LogP contribution in [0.2, 0.25) is 0 Å². The number of halogens is 3. The Morgan fingerprint density at radius 2 is 1.88 bits per heavy atom. The summed E-state index contributed by atoms with van der Waals surface area (Å²) in [6, 6.07) is 12.1. The summed E-state index contributed by atoms with van der Waals surface area (Å²) >= 11 is 1.47. The Labute approximate surface area is 140 Å². The third kappa shape index (κ3) is 3.57. The number of fused-ring (bicyclic) bond motifs is 1. The van der Waals surface area contributed by atoms with E-state index >= 15 is 0 Å². The quantitative estimate of drug-likeness (QED) is 0.676. The lowest BCUT2D eigenvalue weighted by molar-refractivity contribution is -0.137. The lowest BCUT2D eigenvalue weighted by atomic mass is 10.1. The second-order valence-electron chi connectivity index (χ2n) is 5.72. The molecule has 0 aliphatic rings. The molecule has 0 aliphatic heterocycles. The van der Waals surface area contributed by atoms with Gasteiger partial charge in [0.05, 0.1) is 5.56 Å². The van der Waals surface area contributed by atoms with Gasteiger partial charge in [0.2, 0.25) is 0 Å². The van der Waals surface area contributed by atoms with Crippen LogP contribution in [-0.4, -0.2) is 20.8 Å². The van der Waals surface area contributed by atoms with Gasteiger partial charge in [-0.25, -0.2) is 4.98 Å². The smallest absolute Gasteiger partial charge is 0.383 e. The van der Waals surface area contributed by atoms with E-state index in [9.17, 15) is 18.3 Å². The summed E-state index contributed by atoms with van der Waals surface area (Å²) in [4.78, 5) is 7.72. The minimum atomic E-state index is -4.44. The molecule has 1 aromatic carbocycles. The number of rotatable bonds is 4. The highest BCUT2D eigenvalue weighted by atomic mass is 32.2. The fraction of sp³-hybridized carbons (Fsp3) is 0.235. The van der Waals surface area contributed by atoms with Crippen LogP contribution >= 0.6 is 11.8 Å². The summed E-state index contributed by atoms with van der Waals surface area (Å²) in [6.07, 6.45) is -3.65. The Morgan fingerprint density at radius 3 is 2.54 bits per heavy atom. The van der Waals surface area contributed by atoms with E-state index in [4.69, 9.17) is 0 Å². The molecule has 0 radical (unpaired) electrons. The van der Waals surface area contributed by atoms with Crippen molar-refractivity contribution >= 4 is 22.8 Å². The Hall–Kier alpha value is -1.99. The summed E-state index contributed by atoms with van der Waals surface area (Å²) in [5, 5.41) is 11.0. The van der Waals surface area contributed by atoms with Gasteiger partial charge in [0, 0.05) is 27.9 Å². The molecule has 0 spiro atoms. The van der Waals surface area contributed by atoms with Crippen molar-refractivity contribution in [3.63, 3.8) is 0 Å². The first-order valence-corrected chi connectivity index (χ1v) is 8.21. The highest BCUT2D eigenvalue weighted by molar-refractivity contribution is 7.99. The van der Waals surface area contributed by atoms with Crippen molar-refractivity contribution in [2.45, 2.75) is 23.6 Å². The first-order chi connectivity index (χ1) is 11.3.